The molecule has 0 bridgehead atoms. The number of carbonyl (C=O) groups excluding carboxylic acids is 2. The van der Waals surface area contributed by atoms with Crippen LogP contribution >= 0.6 is 0 Å². The van der Waals surface area contributed by atoms with Gasteiger partial charge in [-0.1, -0.05) is 25.5 Å². The van der Waals surface area contributed by atoms with Crippen LogP contribution in [0.15, 0.2) is 18.2 Å². The molecule has 132 valence electrons. The Bertz CT molecular complexity index is 578. The first-order chi connectivity index (χ1) is 11.5. The summed E-state index contributed by atoms with van der Waals surface area (Å²) in [7, 11) is 0. The lowest BCUT2D eigenvalue weighted by molar-refractivity contribution is -0.136. The number of benzene rings is 1. The fourth-order valence-electron chi connectivity index (χ4n) is 2.99. The summed E-state index contributed by atoms with van der Waals surface area (Å²) < 4.78 is 0. The van der Waals surface area contributed by atoms with Crippen LogP contribution in [0.4, 0.5) is 5.69 Å². The second kappa shape index (κ2) is 8.71. The molecule has 0 spiro atoms. The van der Waals surface area contributed by atoms with Gasteiger partial charge in [0.1, 0.15) is 6.42 Å². The molecule has 2 rings (SSSR count). The van der Waals surface area contributed by atoms with Crippen molar-refractivity contribution in [2.75, 3.05) is 37.6 Å². The van der Waals surface area contributed by atoms with Gasteiger partial charge < -0.3 is 15.1 Å². The van der Waals surface area contributed by atoms with Crippen molar-refractivity contribution in [2.24, 2.45) is 0 Å². The van der Waals surface area contributed by atoms with Gasteiger partial charge in [0.15, 0.2) is 0 Å². The summed E-state index contributed by atoms with van der Waals surface area (Å²) in [6, 6.07) is 6.34. The molecule has 24 heavy (non-hydrogen) atoms. The van der Waals surface area contributed by atoms with Gasteiger partial charge in [-0.3, -0.25) is 9.59 Å². The number of carbonyl (C=O) groups is 2. The van der Waals surface area contributed by atoms with Gasteiger partial charge in [0.2, 0.25) is 11.8 Å². The van der Waals surface area contributed by atoms with Crippen LogP contribution in [-0.4, -0.2) is 49.4 Å². The minimum absolute atomic E-state index is 0.0345. The van der Waals surface area contributed by atoms with Crippen LogP contribution in [0.2, 0.25) is 0 Å². The zero-order valence-electron chi connectivity index (χ0n) is 15.1. The number of aryl methyl sites for hydroxylation is 1. The molecule has 1 N–H and O–H groups in total. The Balaban J connectivity index is 1.83. The van der Waals surface area contributed by atoms with Crippen molar-refractivity contribution in [1.29, 1.82) is 0 Å². The maximum absolute atomic E-state index is 12.3. The van der Waals surface area contributed by atoms with Gasteiger partial charge in [-0.05, 0) is 37.5 Å². The largest absolute Gasteiger partial charge is 0.368 e. The van der Waals surface area contributed by atoms with Crippen LogP contribution in [-0.2, 0) is 9.59 Å². The Kier molecular flexibility index (Phi) is 6.64. The third kappa shape index (κ3) is 4.73. The number of amides is 2. The monoisotopic (exact) mass is 331 g/mol. The Hall–Kier alpha value is -2.04. The van der Waals surface area contributed by atoms with Crippen molar-refractivity contribution in [3.05, 3.63) is 29.3 Å². The predicted molar refractivity (Wildman–Crippen MR) is 97.2 cm³/mol. The predicted octanol–water partition coefficient (Wildman–Crippen LogP) is 2.26. The maximum atomic E-state index is 12.3. The molecule has 1 aliphatic heterocycles. The minimum Gasteiger partial charge on any atom is -0.368 e. The fraction of sp³-hybridized carbons (Fsp3) is 0.579. The lowest BCUT2D eigenvalue weighted by Crippen LogP contribution is -2.49. The molecular weight excluding hydrogens is 302 g/mol. The number of hydrogen-bond donors (Lipinski definition) is 1. The highest BCUT2D eigenvalue weighted by Gasteiger charge is 2.23. The number of unbranched alkanes of at least 4 members (excludes halogenated alkanes) is 1. The highest BCUT2D eigenvalue weighted by Crippen LogP contribution is 2.23. The van der Waals surface area contributed by atoms with Crippen molar-refractivity contribution in [1.82, 2.24) is 10.2 Å². The van der Waals surface area contributed by atoms with E-state index in [1.165, 1.54) is 16.8 Å². The van der Waals surface area contributed by atoms with E-state index >= 15 is 0 Å². The molecule has 1 saturated heterocycles. The van der Waals surface area contributed by atoms with Crippen molar-refractivity contribution in [3.8, 4) is 0 Å². The van der Waals surface area contributed by atoms with Crippen molar-refractivity contribution >= 4 is 17.5 Å². The standard InChI is InChI=1S/C19H29N3O2/c1-4-5-9-20-18(23)14-19(24)22-12-10-21(11-13-22)17-8-6-7-15(2)16(17)3/h6-8H,4-5,9-14H2,1-3H3,(H,20,23). The molecule has 2 amide bonds. The summed E-state index contributed by atoms with van der Waals surface area (Å²) in [5.41, 5.74) is 3.83. The summed E-state index contributed by atoms with van der Waals surface area (Å²) in [5, 5.41) is 2.81. The van der Waals surface area contributed by atoms with E-state index in [1.54, 1.807) is 4.90 Å². The third-order valence-electron chi connectivity index (χ3n) is 4.71. The SMILES string of the molecule is CCCCNC(=O)CC(=O)N1CCN(c2cccc(C)c2C)CC1. The van der Waals surface area contributed by atoms with Gasteiger partial charge >= 0.3 is 0 Å². The smallest absolute Gasteiger partial charge is 0.232 e. The zero-order valence-corrected chi connectivity index (χ0v) is 15.1. The van der Waals surface area contributed by atoms with E-state index in [0.29, 0.717) is 19.6 Å². The molecular formula is C19H29N3O2. The summed E-state index contributed by atoms with van der Waals surface area (Å²) in [5.74, 6) is -0.227. The summed E-state index contributed by atoms with van der Waals surface area (Å²) >= 11 is 0. The van der Waals surface area contributed by atoms with Crippen LogP contribution in [0, 0.1) is 13.8 Å². The summed E-state index contributed by atoms with van der Waals surface area (Å²) in [4.78, 5) is 28.2. The van der Waals surface area contributed by atoms with E-state index in [1.807, 2.05) is 0 Å². The van der Waals surface area contributed by atoms with Crippen LogP contribution < -0.4 is 10.2 Å². The van der Waals surface area contributed by atoms with Gasteiger partial charge in [-0.15, -0.1) is 0 Å². The first-order valence-electron chi connectivity index (χ1n) is 8.88. The number of hydrogen-bond acceptors (Lipinski definition) is 3. The van der Waals surface area contributed by atoms with Crippen molar-refractivity contribution in [3.63, 3.8) is 0 Å². The number of anilines is 1. The van der Waals surface area contributed by atoms with Crippen LogP contribution in [0.1, 0.15) is 37.3 Å². The van der Waals surface area contributed by atoms with Crippen LogP contribution in [0.5, 0.6) is 0 Å². The molecule has 5 nitrogen and oxygen atoms in total. The van der Waals surface area contributed by atoms with Gasteiger partial charge in [0.25, 0.3) is 0 Å². The molecule has 0 saturated carbocycles. The molecule has 1 aromatic rings. The van der Waals surface area contributed by atoms with E-state index in [-0.39, 0.29) is 18.2 Å². The van der Waals surface area contributed by atoms with E-state index in [2.05, 4.69) is 49.2 Å². The summed E-state index contributed by atoms with van der Waals surface area (Å²) in [6.07, 6.45) is 1.95. The first kappa shape index (κ1) is 18.3. The number of nitrogens with one attached hydrogen (secondary N) is 1. The van der Waals surface area contributed by atoms with E-state index in [4.69, 9.17) is 0 Å². The number of rotatable bonds is 6. The van der Waals surface area contributed by atoms with Crippen LogP contribution in [0.3, 0.4) is 0 Å². The molecule has 0 atom stereocenters. The fourth-order valence-corrected chi connectivity index (χ4v) is 2.99. The highest BCUT2D eigenvalue weighted by molar-refractivity contribution is 5.96. The highest BCUT2D eigenvalue weighted by atomic mass is 16.2. The Morgan fingerprint density at radius 3 is 2.50 bits per heavy atom. The maximum Gasteiger partial charge on any atom is 0.232 e. The van der Waals surface area contributed by atoms with Gasteiger partial charge in [-0.2, -0.15) is 0 Å². The lowest BCUT2D eigenvalue weighted by atomic mass is 10.1. The van der Waals surface area contributed by atoms with Gasteiger partial charge in [0.05, 0.1) is 0 Å². The molecule has 1 heterocycles. The van der Waals surface area contributed by atoms with E-state index < -0.39 is 0 Å². The molecule has 0 aromatic heterocycles. The van der Waals surface area contributed by atoms with E-state index in [9.17, 15) is 9.59 Å². The molecule has 1 aromatic carbocycles. The molecule has 1 fully saturated rings. The van der Waals surface area contributed by atoms with Crippen LogP contribution in [0.25, 0.3) is 0 Å². The number of piperazine rings is 1. The first-order valence-corrected chi connectivity index (χ1v) is 8.88. The second-order valence-electron chi connectivity index (χ2n) is 6.47. The Morgan fingerprint density at radius 2 is 1.83 bits per heavy atom. The third-order valence-corrected chi connectivity index (χ3v) is 4.71. The summed E-state index contributed by atoms with van der Waals surface area (Å²) in [6.45, 7) is 9.97. The minimum atomic E-state index is -0.162. The topological polar surface area (TPSA) is 52.7 Å². The van der Waals surface area contributed by atoms with E-state index in [0.717, 1.165) is 25.9 Å². The average molecular weight is 331 g/mol. The normalized spacial score (nSPS) is 14.6. The average Bonchev–Trinajstić information content (AvgIpc) is 2.58. The molecule has 0 unspecified atom stereocenters. The Labute approximate surface area is 145 Å². The van der Waals surface area contributed by atoms with Gasteiger partial charge in [0, 0.05) is 38.4 Å². The van der Waals surface area contributed by atoms with Crippen molar-refractivity contribution in [2.45, 2.75) is 40.0 Å². The molecule has 5 heteroatoms. The lowest BCUT2D eigenvalue weighted by Gasteiger charge is -2.37. The quantitative estimate of drug-likeness (QED) is 0.642. The Morgan fingerprint density at radius 1 is 1.12 bits per heavy atom. The molecule has 0 radical (unpaired) electrons. The number of nitrogens with zero attached hydrogens (tertiary/aromatic N) is 2. The van der Waals surface area contributed by atoms with Crippen molar-refractivity contribution < 1.29 is 9.59 Å². The zero-order chi connectivity index (χ0) is 17.5. The van der Waals surface area contributed by atoms with Gasteiger partial charge in [-0.25, -0.2) is 0 Å². The second-order valence-corrected chi connectivity index (χ2v) is 6.47. The molecule has 0 aliphatic carbocycles. The molecule has 1 aliphatic rings.